The highest BCUT2D eigenvalue weighted by Crippen LogP contribution is 2.27. The molecule has 0 radical (unpaired) electrons. The fourth-order valence-corrected chi connectivity index (χ4v) is 2.32. The summed E-state index contributed by atoms with van der Waals surface area (Å²) in [7, 11) is 0. The lowest BCUT2D eigenvalue weighted by Gasteiger charge is -2.30. The average molecular weight is 255 g/mol. The first kappa shape index (κ1) is 15.0. The van der Waals surface area contributed by atoms with Gasteiger partial charge in [-0.1, -0.05) is 6.92 Å². The van der Waals surface area contributed by atoms with Crippen LogP contribution >= 0.6 is 0 Å². The van der Waals surface area contributed by atoms with E-state index < -0.39 is 0 Å². The van der Waals surface area contributed by atoms with E-state index in [2.05, 4.69) is 17.6 Å². The summed E-state index contributed by atoms with van der Waals surface area (Å²) in [6, 6.07) is 0.123. The zero-order valence-corrected chi connectivity index (χ0v) is 11.4. The summed E-state index contributed by atoms with van der Waals surface area (Å²) in [5.74, 6) is 0.545. The minimum atomic E-state index is -0.0215. The third kappa shape index (κ3) is 4.64. The second-order valence-corrected chi connectivity index (χ2v) is 5.15. The SMILES string of the molecule is CCNC(=O)CCNC(=O)C1CCC(C)C(N)C1. The number of hydrogen-bond acceptors (Lipinski definition) is 3. The Labute approximate surface area is 109 Å². The van der Waals surface area contributed by atoms with Gasteiger partial charge in [0.25, 0.3) is 0 Å². The van der Waals surface area contributed by atoms with Crippen LogP contribution in [0.5, 0.6) is 0 Å². The molecule has 0 aromatic carbocycles. The molecular formula is C13H25N3O2. The van der Waals surface area contributed by atoms with Crippen LogP contribution in [0.15, 0.2) is 0 Å². The molecule has 1 fully saturated rings. The van der Waals surface area contributed by atoms with Gasteiger partial charge in [0.1, 0.15) is 0 Å². The lowest BCUT2D eigenvalue weighted by molar-refractivity contribution is -0.126. The van der Waals surface area contributed by atoms with Crippen molar-refractivity contribution in [2.24, 2.45) is 17.6 Å². The molecule has 5 nitrogen and oxygen atoms in total. The summed E-state index contributed by atoms with van der Waals surface area (Å²) >= 11 is 0. The Morgan fingerprint density at radius 2 is 2.00 bits per heavy atom. The van der Waals surface area contributed by atoms with Crippen LogP contribution in [0.25, 0.3) is 0 Å². The molecule has 0 aromatic heterocycles. The van der Waals surface area contributed by atoms with E-state index in [4.69, 9.17) is 5.73 Å². The van der Waals surface area contributed by atoms with Gasteiger partial charge in [-0.05, 0) is 32.1 Å². The first-order valence-corrected chi connectivity index (χ1v) is 6.84. The second kappa shape index (κ2) is 7.36. The van der Waals surface area contributed by atoms with E-state index in [1.54, 1.807) is 0 Å². The molecule has 2 amide bonds. The van der Waals surface area contributed by atoms with Crippen LogP contribution in [0.3, 0.4) is 0 Å². The first-order valence-electron chi connectivity index (χ1n) is 6.84. The van der Waals surface area contributed by atoms with E-state index >= 15 is 0 Å². The van der Waals surface area contributed by atoms with Gasteiger partial charge in [-0.15, -0.1) is 0 Å². The highest BCUT2D eigenvalue weighted by Gasteiger charge is 2.29. The summed E-state index contributed by atoms with van der Waals surface area (Å²) in [5, 5.41) is 5.52. The van der Waals surface area contributed by atoms with Gasteiger partial charge in [0.2, 0.25) is 11.8 Å². The average Bonchev–Trinajstić information content (AvgIpc) is 2.33. The fraction of sp³-hybridized carbons (Fsp3) is 0.846. The van der Waals surface area contributed by atoms with E-state index in [1.165, 1.54) is 0 Å². The summed E-state index contributed by atoms with van der Waals surface area (Å²) in [6.45, 7) is 5.04. The van der Waals surface area contributed by atoms with Crippen LogP contribution in [0.4, 0.5) is 0 Å². The monoisotopic (exact) mass is 255 g/mol. The predicted octanol–water partition coefficient (Wildman–Crippen LogP) is 0.392. The quantitative estimate of drug-likeness (QED) is 0.664. The Kier molecular flexibility index (Phi) is 6.12. The maximum atomic E-state index is 11.9. The van der Waals surface area contributed by atoms with E-state index in [-0.39, 0.29) is 23.8 Å². The number of rotatable bonds is 5. The van der Waals surface area contributed by atoms with Crippen LogP contribution in [0.1, 0.15) is 39.5 Å². The minimum absolute atomic E-state index is 0.0189. The molecule has 18 heavy (non-hydrogen) atoms. The molecule has 3 atom stereocenters. The summed E-state index contributed by atoms with van der Waals surface area (Å²) in [6.07, 6.45) is 3.01. The van der Waals surface area contributed by atoms with E-state index in [0.29, 0.717) is 25.4 Å². The van der Waals surface area contributed by atoms with Gasteiger partial charge in [-0.2, -0.15) is 0 Å². The van der Waals surface area contributed by atoms with Crippen molar-refractivity contribution in [3.63, 3.8) is 0 Å². The zero-order valence-electron chi connectivity index (χ0n) is 11.4. The lowest BCUT2D eigenvalue weighted by atomic mass is 9.79. The zero-order chi connectivity index (χ0) is 13.5. The molecular weight excluding hydrogens is 230 g/mol. The van der Waals surface area contributed by atoms with Crippen molar-refractivity contribution in [1.82, 2.24) is 10.6 Å². The van der Waals surface area contributed by atoms with Gasteiger partial charge >= 0.3 is 0 Å². The molecule has 0 spiro atoms. The number of carbonyl (C=O) groups excluding carboxylic acids is 2. The molecule has 0 aromatic rings. The molecule has 0 heterocycles. The number of hydrogen-bond donors (Lipinski definition) is 3. The third-order valence-electron chi connectivity index (χ3n) is 3.65. The second-order valence-electron chi connectivity index (χ2n) is 5.15. The van der Waals surface area contributed by atoms with Gasteiger partial charge in [0.15, 0.2) is 0 Å². The third-order valence-corrected chi connectivity index (χ3v) is 3.65. The molecule has 1 aliphatic carbocycles. The summed E-state index contributed by atoms with van der Waals surface area (Å²) < 4.78 is 0. The Morgan fingerprint density at radius 1 is 1.28 bits per heavy atom. The molecule has 0 bridgehead atoms. The van der Waals surface area contributed by atoms with Crippen molar-refractivity contribution < 1.29 is 9.59 Å². The predicted molar refractivity (Wildman–Crippen MR) is 70.8 cm³/mol. The van der Waals surface area contributed by atoms with Crippen molar-refractivity contribution in [2.45, 2.75) is 45.6 Å². The topological polar surface area (TPSA) is 84.2 Å². The van der Waals surface area contributed by atoms with Crippen molar-refractivity contribution in [2.75, 3.05) is 13.1 Å². The van der Waals surface area contributed by atoms with Crippen LogP contribution in [0.2, 0.25) is 0 Å². The fourth-order valence-electron chi connectivity index (χ4n) is 2.32. The van der Waals surface area contributed by atoms with Gasteiger partial charge in [0, 0.05) is 31.5 Å². The highest BCUT2D eigenvalue weighted by atomic mass is 16.2. The van der Waals surface area contributed by atoms with Crippen LogP contribution < -0.4 is 16.4 Å². The summed E-state index contributed by atoms with van der Waals surface area (Å²) in [4.78, 5) is 23.1. The van der Waals surface area contributed by atoms with Crippen molar-refractivity contribution in [3.8, 4) is 0 Å². The van der Waals surface area contributed by atoms with Crippen molar-refractivity contribution in [1.29, 1.82) is 0 Å². The van der Waals surface area contributed by atoms with E-state index in [0.717, 1.165) is 19.3 Å². The Bertz CT molecular complexity index is 294. The number of nitrogens with one attached hydrogen (secondary N) is 2. The van der Waals surface area contributed by atoms with Crippen molar-refractivity contribution in [3.05, 3.63) is 0 Å². The molecule has 104 valence electrons. The maximum Gasteiger partial charge on any atom is 0.223 e. The van der Waals surface area contributed by atoms with Gasteiger partial charge in [0.05, 0.1) is 0 Å². The largest absolute Gasteiger partial charge is 0.356 e. The molecule has 4 N–H and O–H groups in total. The maximum absolute atomic E-state index is 11.9. The molecule has 0 aliphatic heterocycles. The van der Waals surface area contributed by atoms with Crippen LogP contribution in [0, 0.1) is 11.8 Å². The molecule has 5 heteroatoms. The summed E-state index contributed by atoms with van der Waals surface area (Å²) in [5.41, 5.74) is 5.98. The van der Waals surface area contributed by atoms with Crippen LogP contribution in [-0.2, 0) is 9.59 Å². The van der Waals surface area contributed by atoms with Gasteiger partial charge in [-0.3, -0.25) is 9.59 Å². The van der Waals surface area contributed by atoms with Crippen molar-refractivity contribution >= 4 is 11.8 Å². The van der Waals surface area contributed by atoms with E-state index in [9.17, 15) is 9.59 Å². The molecule has 1 saturated carbocycles. The Balaban J connectivity index is 2.23. The van der Waals surface area contributed by atoms with Gasteiger partial charge < -0.3 is 16.4 Å². The number of amides is 2. The molecule has 1 rings (SSSR count). The highest BCUT2D eigenvalue weighted by molar-refractivity contribution is 5.80. The number of carbonyl (C=O) groups is 2. The van der Waals surface area contributed by atoms with Gasteiger partial charge in [-0.25, -0.2) is 0 Å². The molecule has 1 aliphatic rings. The minimum Gasteiger partial charge on any atom is -0.356 e. The molecule has 3 unspecified atom stereocenters. The normalized spacial score (nSPS) is 27.6. The number of nitrogens with two attached hydrogens (primary N) is 1. The Morgan fingerprint density at radius 3 is 2.61 bits per heavy atom. The smallest absolute Gasteiger partial charge is 0.223 e. The molecule has 0 saturated heterocycles. The Hall–Kier alpha value is -1.10. The standard InChI is InChI=1S/C13H25N3O2/c1-3-15-12(17)6-7-16-13(18)10-5-4-9(2)11(14)8-10/h9-11H,3-8,14H2,1-2H3,(H,15,17)(H,16,18). The lowest BCUT2D eigenvalue weighted by Crippen LogP contribution is -2.42. The van der Waals surface area contributed by atoms with E-state index in [1.807, 2.05) is 6.92 Å². The first-order chi connectivity index (χ1) is 8.54. The van der Waals surface area contributed by atoms with Crippen LogP contribution in [-0.4, -0.2) is 30.9 Å².